The predicted octanol–water partition coefficient (Wildman–Crippen LogP) is 3.60. The number of nitrogens with one attached hydrogen (secondary N) is 1. The smallest absolute Gasteiger partial charge is 0.251 e. The molecule has 1 heterocycles. The average Bonchev–Trinajstić information content (AvgIpc) is 2.73. The molecule has 156 valence electrons. The third-order valence-corrected chi connectivity index (χ3v) is 5.70. The summed E-state index contributed by atoms with van der Waals surface area (Å²) in [5.74, 6) is -0.0303. The number of hydrogen-bond acceptors (Lipinski definition) is 4. The lowest BCUT2D eigenvalue weighted by Gasteiger charge is -2.35. The second kappa shape index (κ2) is 9.79. The van der Waals surface area contributed by atoms with E-state index < -0.39 is 0 Å². The zero-order valence-corrected chi connectivity index (χ0v) is 18.2. The summed E-state index contributed by atoms with van der Waals surface area (Å²) in [6, 6.07) is 16.7. The third-order valence-electron chi connectivity index (χ3n) is 5.70. The maximum atomic E-state index is 12.7. The van der Waals surface area contributed by atoms with Gasteiger partial charge >= 0.3 is 0 Å². The Morgan fingerprint density at radius 2 is 1.69 bits per heavy atom. The van der Waals surface area contributed by atoms with Gasteiger partial charge in [0.1, 0.15) is 0 Å². The number of anilines is 2. The first-order valence-corrected chi connectivity index (χ1v) is 10.7. The van der Waals surface area contributed by atoms with Crippen molar-refractivity contribution in [2.75, 3.05) is 49.6 Å². The van der Waals surface area contributed by atoms with Crippen LogP contribution in [-0.2, 0) is 6.54 Å². The molecule has 1 aliphatic rings. The number of amides is 1. The summed E-state index contributed by atoms with van der Waals surface area (Å²) in [4.78, 5) is 19.8. The fourth-order valence-corrected chi connectivity index (χ4v) is 3.94. The van der Waals surface area contributed by atoms with Gasteiger partial charge in [-0.05, 0) is 63.7 Å². The highest BCUT2D eigenvalue weighted by Gasteiger charge is 2.17. The van der Waals surface area contributed by atoms with Gasteiger partial charge in [-0.25, -0.2) is 0 Å². The molecule has 0 spiro atoms. The van der Waals surface area contributed by atoms with Crippen LogP contribution in [0.2, 0.25) is 0 Å². The van der Waals surface area contributed by atoms with E-state index in [2.05, 4.69) is 66.0 Å². The van der Waals surface area contributed by atoms with E-state index in [1.54, 1.807) is 0 Å². The number of nitrogens with zero attached hydrogens (tertiary/aromatic N) is 3. The number of carbonyl (C=O) groups excluding carboxylic acids is 1. The number of para-hydroxylation sites is 1. The van der Waals surface area contributed by atoms with Gasteiger partial charge in [-0.15, -0.1) is 0 Å². The minimum absolute atomic E-state index is 0.0303. The van der Waals surface area contributed by atoms with E-state index in [-0.39, 0.29) is 5.91 Å². The van der Waals surface area contributed by atoms with Crippen molar-refractivity contribution in [1.29, 1.82) is 0 Å². The summed E-state index contributed by atoms with van der Waals surface area (Å²) in [6.45, 7) is 12.2. The molecule has 0 unspecified atom stereocenters. The molecule has 0 bridgehead atoms. The summed E-state index contributed by atoms with van der Waals surface area (Å²) in [7, 11) is 2.16. The highest BCUT2D eigenvalue weighted by atomic mass is 16.1. The van der Waals surface area contributed by atoms with Crippen molar-refractivity contribution in [3.63, 3.8) is 0 Å². The summed E-state index contributed by atoms with van der Waals surface area (Å²) < 4.78 is 0. The van der Waals surface area contributed by atoms with Crippen molar-refractivity contribution < 1.29 is 4.79 Å². The Hall–Kier alpha value is -2.53. The molecule has 0 atom stereocenters. The molecular formula is C24H34N4O. The minimum Gasteiger partial charge on any atom is -0.369 e. The normalized spacial score (nSPS) is 14.9. The first kappa shape index (κ1) is 21.2. The standard InChI is InChI=1S/C24H34N4O/c1-5-28(19(2)3)22-12-10-20(11-13-22)24(29)25-18-21-8-6-7-9-23(21)27-16-14-26(4)15-17-27/h6-13,19H,5,14-18H2,1-4H3,(H,25,29). The van der Waals surface area contributed by atoms with Gasteiger partial charge in [0.15, 0.2) is 0 Å². The van der Waals surface area contributed by atoms with Crippen LogP contribution in [-0.4, -0.2) is 56.6 Å². The number of piperazine rings is 1. The van der Waals surface area contributed by atoms with Crippen LogP contribution >= 0.6 is 0 Å². The highest BCUT2D eigenvalue weighted by molar-refractivity contribution is 5.94. The van der Waals surface area contributed by atoms with Crippen molar-refractivity contribution in [3.8, 4) is 0 Å². The van der Waals surface area contributed by atoms with Gasteiger partial charge in [-0.1, -0.05) is 18.2 Å². The first-order chi connectivity index (χ1) is 14.0. The minimum atomic E-state index is -0.0303. The molecule has 1 N–H and O–H groups in total. The Morgan fingerprint density at radius 1 is 1.03 bits per heavy atom. The molecule has 2 aromatic rings. The van der Waals surface area contributed by atoms with Crippen LogP contribution in [0, 0.1) is 0 Å². The summed E-state index contributed by atoms with van der Waals surface area (Å²) in [5.41, 5.74) is 4.25. The highest BCUT2D eigenvalue weighted by Crippen LogP contribution is 2.22. The van der Waals surface area contributed by atoms with E-state index in [1.807, 2.05) is 30.3 Å². The molecular weight excluding hydrogens is 360 g/mol. The van der Waals surface area contributed by atoms with Crippen LogP contribution in [0.3, 0.4) is 0 Å². The number of likely N-dealkylation sites (N-methyl/N-ethyl adjacent to an activating group) is 1. The second-order valence-corrected chi connectivity index (χ2v) is 8.03. The summed E-state index contributed by atoms with van der Waals surface area (Å²) in [6.07, 6.45) is 0. The Labute approximate surface area is 175 Å². The number of benzene rings is 2. The second-order valence-electron chi connectivity index (χ2n) is 8.03. The molecule has 5 nitrogen and oxygen atoms in total. The van der Waals surface area contributed by atoms with E-state index in [9.17, 15) is 4.79 Å². The quantitative estimate of drug-likeness (QED) is 0.779. The number of rotatable bonds is 7. The van der Waals surface area contributed by atoms with E-state index >= 15 is 0 Å². The van der Waals surface area contributed by atoms with Crippen molar-refractivity contribution in [1.82, 2.24) is 10.2 Å². The van der Waals surface area contributed by atoms with Crippen LogP contribution in [0.4, 0.5) is 11.4 Å². The maximum absolute atomic E-state index is 12.7. The zero-order valence-electron chi connectivity index (χ0n) is 18.2. The van der Waals surface area contributed by atoms with Crippen LogP contribution in [0.15, 0.2) is 48.5 Å². The van der Waals surface area contributed by atoms with Crippen molar-refractivity contribution in [3.05, 3.63) is 59.7 Å². The number of hydrogen-bond donors (Lipinski definition) is 1. The lowest BCUT2D eigenvalue weighted by Crippen LogP contribution is -2.45. The van der Waals surface area contributed by atoms with Gasteiger partial charge in [0.25, 0.3) is 5.91 Å². The Bertz CT molecular complexity index is 795. The van der Waals surface area contributed by atoms with Gasteiger partial charge in [0.2, 0.25) is 0 Å². The molecule has 2 aromatic carbocycles. The van der Waals surface area contributed by atoms with E-state index in [0.29, 0.717) is 18.2 Å². The van der Waals surface area contributed by atoms with Gasteiger partial charge in [-0.2, -0.15) is 0 Å². The fraction of sp³-hybridized carbons (Fsp3) is 0.458. The Kier molecular flexibility index (Phi) is 7.15. The molecule has 1 saturated heterocycles. The molecule has 0 radical (unpaired) electrons. The van der Waals surface area contributed by atoms with Crippen LogP contribution in [0.5, 0.6) is 0 Å². The van der Waals surface area contributed by atoms with E-state index in [0.717, 1.165) is 38.4 Å². The third kappa shape index (κ3) is 5.30. The monoisotopic (exact) mass is 394 g/mol. The lowest BCUT2D eigenvalue weighted by molar-refractivity contribution is 0.0951. The predicted molar refractivity (Wildman–Crippen MR) is 122 cm³/mol. The molecule has 1 amide bonds. The SMILES string of the molecule is CCN(c1ccc(C(=O)NCc2ccccc2N2CCN(C)CC2)cc1)C(C)C. The zero-order chi connectivity index (χ0) is 20.8. The van der Waals surface area contributed by atoms with Crippen molar-refractivity contribution in [2.45, 2.75) is 33.4 Å². The first-order valence-electron chi connectivity index (χ1n) is 10.7. The summed E-state index contributed by atoms with van der Waals surface area (Å²) >= 11 is 0. The topological polar surface area (TPSA) is 38.8 Å². The largest absolute Gasteiger partial charge is 0.369 e. The molecule has 0 aliphatic carbocycles. The van der Waals surface area contributed by atoms with Gasteiger partial charge in [0, 0.05) is 62.2 Å². The van der Waals surface area contributed by atoms with Crippen LogP contribution in [0.1, 0.15) is 36.7 Å². The molecule has 0 aromatic heterocycles. The molecule has 0 saturated carbocycles. The van der Waals surface area contributed by atoms with Gasteiger partial charge in [-0.3, -0.25) is 4.79 Å². The van der Waals surface area contributed by atoms with E-state index in [4.69, 9.17) is 0 Å². The molecule has 29 heavy (non-hydrogen) atoms. The Balaban J connectivity index is 1.64. The average molecular weight is 395 g/mol. The van der Waals surface area contributed by atoms with E-state index in [1.165, 1.54) is 11.3 Å². The van der Waals surface area contributed by atoms with Crippen molar-refractivity contribution >= 4 is 17.3 Å². The van der Waals surface area contributed by atoms with Crippen LogP contribution < -0.4 is 15.1 Å². The molecule has 3 rings (SSSR count). The van der Waals surface area contributed by atoms with Crippen LogP contribution in [0.25, 0.3) is 0 Å². The number of carbonyl (C=O) groups is 1. The molecule has 1 fully saturated rings. The molecule has 1 aliphatic heterocycles. The Morgan fingerprint density at radius 3 is 2.31 bits per heavy atom. The van der Waals surface area contributed by atoms with Crippen molar-refractivity contribution in [2.24, 2.45) is 0 Å². The van der Waals surface area contributed by atoms with Gasteiger partial charge < -0.3 is 20.0 Å². The fourth-order valence-electron chi connectivity index (χ4n) is 3.94. The lowest BCUT2D eigenvalue weighted by atomic mass is 10.1. The maximum Gasteiger partial charge on any atom is 0.251 e. The van der Waals surface area contributed by atoms with Gasteiger partial charge in [0.05, 0.1) is 0 Å². The summed E-state index contributed by atoms with van der Waals surface area (Å²) in [5, 5.41) is 3.10. The molecule has 5 heteroatoms.